The van der Waals surface area contributed by atoms with Gasteiger partial charge < -0.3 is 4.98 Å². The van der Waals surface area contributed by atoms with Crippen molar-refractivity contribution in [1.29, 1.82) is 0 Å². The number of aromatic amines is 1. The second-order valence-electron chi connectivity index (χ2n) is 4.25. The number of nitrogens with one attached hydrogen (secondary N) is 1. The third-order valence-electron chi connectivity index (χ3n) is 2.76. The Labute approximate surface area is 118 Å². The van der Waals surface area contributed by atoms with Crippen LogP contribution in [-0.4, -0.2) is 19.9 Å². The number of nitrogens with zero attached hydrogens (tertiary/aromatic N) is 3. The number of rotatable bonds is 3. The van der Waals surface area contributed by atoms with E-state index in [0.29, 0.717) is 10.2 Å². The molecular weight excluding hydrogens is 276 g/mol. The molecule has 2 heterocycles. The quantitative estimate of drug-likeness (QED) is 0.589. The average Bonchev–Trinajstić information content (AvgIpc) is 2.80. The molecule has 6 nitrogen and oxygen atoms in total. The van der Waals surface area contributed by atoms with E-state index in [0.717, 1.165) is 28.4 Å². The lowest BCUT2D eigenvalue weighted by Gasteiger charge is -1.97. The van der Waals surface area contributed by atoms with Crippen LogP contribution in [0.15, 0.2) is 46.7 Å². The zero-order chi connectivity index (χ0) is 14.1. The Morgan fingerprint density at radius 1 is 1.35 bits per heavy atom. The summed E-state index contributed by atoms with van der Waals surface area (Å²) in [5.41, 5.74) is 2.85. The lowest BCUT2D eigenvalue weighted by Crippen LogP contribution is -1.92. The molecule has 0 aliphatic rings. The molecule has 0 saturated heterocycles. The van der Waals surface area contributed by atoms with Crippen molar-refractivity contribution in [3.8, 4) is 0 Å². The molecule has 0 amide bonds. The minimum Gasteiger partial charge on any atom is -0.333 e. The third-order valence-corrected chi connectivity index (χ3v) is 3.65. The van der Waals surface area contributed by atoms with Crippen LogP contribution in [-0.2, 0) is 0 Å². The number of aromatic nitrogens is 3. The van der Waals surface area contributed by atoms with Gasteiger partial charge in [0, 0.05) is 12.3 Å². The lowest BCUT2D eigenvalue weighted by molar-refractivity contribution is -0.388. The summed E-state index contributed by atoms with van der Waals surface area (Å²) in [6.07, 6.45) is 1.53. The maximum atomic E-state index is 11.0. The SMILES string of the molecule is Cc1ccc2nc(Sc3ncccc3[N+](=O)[O-])[nH]c2c1. The van der Waals surface area contributed by atoms with Crippen LogP contribution in [0.3, 0.4) is 0 Å². The average molecular weight is 286 g/mol. The summed E-state index contributed by atoms with van der Waals surface area (Å²) >= 11 is 1.15. The molecule has 20 heavy (non-hydrogen) atoms. The number of imidazole rings is 1. The van der Waals surface area contributed by atoms with Gasteiger partial charge in [-0.2, -0.15) is 0 Å². The highest BCUT2D eigenvalue weighted by Gasteiger charge is 2.17. The van der Waals surface area contributed by atoms with Gasteiger partial charge in [0.15, 0.2) is 10.2 Å². The van der Waals surface area contributed by atoms with Gasteiger partial charge in [-0.3, -0.25) is 10.1 Å². The fraction of sp³-hybridized carbons (Fsp3) is 0.0769. The topological polar surface area (TPSA) is 84.7 Å². The van der Waals surface area contributed by atoms with E-state index in [9.17, 15) is 10.1 Å². The van der Waals surface area contributed by atoms with Crippen molar-refractivity contribution in [3.05, 3.63) is 52.2 Å². The van der Waals surface area contributed by atoms with Crippen LogP contribution in [0, 0.1) is 17.0 Å². The number of fused-ring (bicyclic) bond motifs is 1. The lowest BCUT2D eigenvalue weighted by atomic mass is 10.2. The fourth-order valence-electron chi connectivity index (χ4n) is 1.84. The molecule has 7 heteroatoms. The normalized spacial score (nSPS) is 10.8. The molecule has 0 aliphatic carbocycles. The van der Waals surface area contributed by atoms with Crippen LogP contribution in [0.2, 0.25) is 0 Å². The Morgan fingerprint density at radius 2 is 2.20 bits per heavy atom. The molecule has 0 aliphatic heterocycles. The summed E-state index contributed by atoms with van der Waals surface area (Å²) in [5.74, 6) is 0. The fourth-order valence-corrected chi connectivity index (χ4v) is 2.69. The van der Waals surface area contributed by atoms with Crippen molar-refractivity contribution < 1.29 is 4.92 Å². The number of aryl methyl sites for hydroxylation is 1. The Hall–Kier alpha value is -2.41. The molecule has 0 saturated carbocycles. The second kappa shape index (κ2) is 4.93. The Kier molecular flexibility index (Phi) is 3.11. The molecule has 3 rings (SSSR count). The van der Waals surface area contributed by atoms with E-state index < -0.39 is 4.92 Å². The standard InChI is InChI=1S/C13H10N4O2S/c1-8-4-5-9-10(7-8)16-13(15-9)20-12-11(17(18)19)3-2-6-14-12/h2-7H,1H3,(H,15,16). The summed E-state index contributed by atoms with van der Waals surface area (Å²) in [6, 6.07) is 8.85. The zero-order valence-corrected chi connectivity index (χ0v) is 11.3. The molecule has 3 aromatic rings. The highest BCUT2D eigenvalue weighted by Crippen LogP contribution is 2.32. The maximum Gasteiger partial charge on any atom is 0.301 e. The first-order chi connectivity index (χ1) is 9.63. The van der Waals surface area contributed by atoms with E-state index in [1.54, 1.807) is 6.07 Å². The number of H-pyrrole nitrogens is 1. The Morgan fingerprint density at radius 3 is 3.00 bits per heavy atom. The van der Waals surface area contributed by atoms with E-state index in [2.05, 4.69) is 15.0 Å². The maximum absolute atomic E-state index is 11.0. The molecule has 2 aromatic heterocycles. The van der Waals surface area contributed by atoms with Gasteiger partial charge in [-0.1, -0.05) is 6.07 Å². The highest BCUT2D eigenvalue weighted by molar-refractivity contribution is 7.99. The third kappa shape index (κ3) is 2.35. The first kappa shape index (κ1) is 12.6. The molecule has 0 radical (unpaired) electrons. The number of hydrogen-bond acceptors (Lipinski definition) is 5. The van der Waals surface area contributed by atoms with E-state index in [1.165, 1.54) is 12.3 Å². The number of benzene rings is 1. The van der Waals surface area contributed by atoms with Gasteiger partial charge >= 0.3 is 5.69 Å². The van der Waals surface area contributed by atoms with E-state index in [1.807, 2.05) is 25.1 Å². The van der Waals surface area contributed by atoms with Gasteiger partial charge in [-0.15, -0.1) is 0 Å². The van der Waals surface area contributed by atoms with Gasteiger partial charge in [0.25, 0.3) is 0 Å². The molecular formula is C13H10N4O2S. The van der Waals surface area contributed by atoms with Gasteiger partial charge in [0.05, 0.1) is 16.0 Å². The van der Waals surface area contributed by atoms with Crippen molar-refractivity contribution in [3.63, 3.8) is 0 Å². The molecule has 0 unspecified atom stereocenters. The first-order valence-electron chi connectivity index (χ1n) is 5.87. The summed E-state index contributed by atoms with van der Waals surface area (Å²) in [7, 11) is 0. The van der Waals surface area contributed by atoms with E-state index in [4.69, 9.17) is 0 Å². The van der Waals surface area contributed by atoms with Crippen molar-refractivity contribution in [2.75, 3.05) is 0 Å². The van der Waals surface area contributed by atoms with E-state index in [-0.39, 0.29) is 5.69 Å². The van der Waals surface area contributed by atoms with Gasteiger partial charge in [-0.05, 0) is 42.4 Å². The highest BCUT2D eigenvalue weighted by atomic mass is 32.2. The van der Waals surface area contributed by atoms with Crippen molar-refractivity contribution >= 4 is 28.5 Å². The Bertz CT molecular complexity index is 800. The van der Waals surface area contributed by atoms with Crippen LogP contribution < -0.4 is 0 Å². The van der Waals surface area contributed by atoms with Crippen molar-refractivity contribution in [1.82, 2.24) is 15.0 Å². The first-order valence-corrected chi connectivity index (χ1v) is 6.69. The predicted octanol–water partition coefficient (Wildman–Crippen LogP) is 3.33. The van der Waals surface area contributed by atoms with E-state index >= 15 is 0 Å². The van der Waals surface area contributed by atoms with Gasteiger partial charge in [-0.25, -0.2) is 9.97 Å². The molecule has 0 bridgehead atoms. The molecule has 0 atom stereocenters. The van der Waals surface area contributed by atoms with Crippen LogP contribution in [0.5, 0.6) is 0 Å². The molecule has 1 aromatic carbocycles. The van der Waals surface area contributed by atoms with Crippen LogP contribution in [0.1, 0.15) is 5.56 Å². The predicted molar refractivity (Wildman–Crippen MR) is 75.8 cm³/mol. The molecule has 0 fully saturated rings. The minimum atomic E-state index is -0.442. The number of hydrogen-bond donors (Lipinski definition) is 1. The second-order valence-corrected chi connectivity index (χ2v) is 5.23. The molecule has 100 valence electrons. The number of nitro groups is 1. The zero-order valence-electron chi connectivity index (χ0n) is 10.5. The number of pyridine rings is 1. The molecule has 1 N–H and O–H groups in total. The monoisotopic (exact) mass is 286 g/mol. The van der Waals surface area contributed by atoms with Crippen LogP contribution >= 0.6 is 11.8 Å². The van der Waals surface area contributed by atoms with Gasteiger partial charge in [0.2, 0.25) is 0 Å². The summed E-state index contributed by atoms with van der Waals surface area (Å²) < 4.78 is 0. The summed E-state index contributed by atoms with van der Waals surface area (Å²) in [5, 5.41) is 11.9. The smallest absolute Gasteiger partial charge is 0.301 e. The van der Waals surface area contributed by atoms with Crippen LogP contribution in [0.25, 0.3) is 11.0 Å². The Balaban J connectivity index is 1.99. The largest absolute Gasteiger partial charge is 0.333 e. The van der Waals surface area contributed by atoms with Crippen molar-refractivity contribution in [2.45, 2.75) is 17.1 Å². The van der Waals surface area contributed by atoms with Crippen molar-refractivity contribution in [2.24, 2.45) is 0 Å². The van der Waals surface area contributed by atoms with Crippen LogP contribution in [0.4, 0.5) is 5.69 Å². The molecule has 0 spiro atoms. The summed E-state index contributed by atoms with van der Waals surface area (Å²) in [4.78, 5) is 22.1. The minimum absolute atomic E-state index is 0.0193. The van der Waals surface area contributed by atoms with Gasteiger partial charge in [0.1, 0.15) is 0 Å². The summed E-state index contributed by atoms with van der Waals surface area (Å²) in [6.45, 7) is 2.00.